The summed E-state index contributed by atoms with van der Waals surface area (Å²) < 4.78 is 26.8. The normalized spacial score (nSPS) is 25.0. The molecule has 0 bridgehead atoms. The highest BCUT2D eigenvalue weighted by Crippen LogP contribution is 2.38. The van der Waals surface area contributed by atoms with Crippen molar-refractivity contribution in [1.82, 2.24) is 15.1 Å². The van der Waals surface area contributed by atoms with E-state index in [1.54, 1.807) is 0 Å². The number of halogens is 2. The maximum Gasteiger partial charge on any atom is 0.325 e. The number of amides is 4. The number of benzene rings is 1. The van der Waals surface area contributed by atoms with Crippen molar-refractivity contribution in [2.24, 2.45) is 5.92 Å². The summed E-state index contributed by atoms with van der Waals surface area (Å²) in [4.78, 5) is 39.9. The highest BCUT2D eigenvalue weighted by molar-refractivity contribution is 6.09. The van der Waals surface area contributed by atoms with E-state index in [0.29, 0.717) is 6.42 Å². The van der Waals surface area contributed by atoms with Crippen LogP contribution in [0.5, 0.6) is 0 Å². The monoisotopic (exact) mass is 379 g/mol. The van der Waals surface area contributed by atoms with Crippen LogP contribution >= 0.6 is 0 Å². The lowest BCUT2D eigenvalue weighted by atomic mass is 9.73. The summed E-state index contributed by atoms with van der Waals surface area (Å²) in [6.07, 6.45) is 3.27. The Morgan fingerprint density at radius 1 is 1.33 bits per heavy atom. The minimum absolute atomic E-state index is 0.00819. The molecule has 1 aliphatic heterocycles. The molecule has 2 aliphatic rings. The fourth-order valence-electron chi connectivity index (χ4n) is 3.89. The van der Waals surface area contributed by atoms with E-state index in [1.807, 2.05) is 6.92 Å². The summed E-state index contributed by atoms with van der Waals surface area (Å²) >= 11 is 0. The molecule has 1 spiro atoms. The first kappa shape index (κ1) is 19.3. The Bertz CT molecular complexity index is 785. The van der Waals surface area contributed by atoms with Gasteiger partial charge in [0.15, 0.2) is 0 Å². The van der Waals surface area contributed by atoms with Crippen LogP contribution in [0.15, 0.2) is 18.2 Å². The molecule has 2 unspecified atom stereocenters. The maximum atomic E-state index is 13.8. The Kier molecular flexibility index (Phi) is 5.17. The van der Waals surface area contributed by atoms with Crippen molar-refractivity contribution < 1.29 is 23.2 Å². The van der Waals surface area contributed by atoms with Crippen LogP contribution in [0.3, 0.4) is 0 Å². The molecule has 8 heteroatoms. The molecule has 0 aromatic heterocycles. The van der Waals surface area contributed by atoms with Crippen LogP contribution in [-0.2, 0) is 16.1 Å². The lowest BCUT2D eigenvalue weighted by Gasteiger charge is -2.36. The van der Waals surface area contributed by atoms with Gasteiger partial charge in [-0.15, -0.1) is 0 Å². The highest BCUT2D eigenvalue weighted by Gasteiger charge is 2.55. The average Bonchev–Trinajstić information content (AvgIpc) is 2.85. The summed E-state index contributed by atoms with van der Waals surface area (Å²) in [6, 6.07) is 2.56. The topological polar surface area (TPSA) is 69.7 Å². The van der Waals surface area contributed by atoms with E-state index < -0.39 is 35.7 Å². The molecular weight excluding hydrogens is 356 g/mol. The van der Waals surface area contributed by atoms with Crippen LogP contribution in [-0.4, -0.2) is 46.8 Å². The van der Waals surface area contributed by atoms with Gasteiger partial charge in [-0.3, -0.25) is 14.5 Å². The van der Waals surface area contributed by atoms with E-state index >= 15 is 0 Å². The van der Waals surface area contributed by atoms with Gasteiger partial charge in [0.1, 0.15) is 23.7 Å². The molecule has 1 saturated carbocycles. The SMILES string of the molecule is CC1CCCCC12NC(=O)N(CC(=O)N(C)Cc1ccc(F)cc1F)C2=O. The summed E-state index contributed by atoms with van der Waals surface area (Å²) in [5.41, 5.74) is -0.765. The van der Waals surface area contributed by atoms with Crippen LogP contribution in [0, 0.1) is 17.6 Å². The molecule has 4 amide bonds. The maximum absolute atomic E-state index is 13.8. The first-order valence-corrected chi connectivity index (χ1v) is 9.06. The predicted octanol–water partition coefficient (Wildman–Crippen LogP) is 2.42. The van der Waals surface area contributed by atoms with Gasteiger partial charge >= 0.3 is 6.03 Å². The van der Waals surface area contributed by atoms with E-state index in [4.69, 9.17) is 0 Å². The number of carbonyl (C=O) groups is 3. The van der Waals surface area contributed by atoms with Crippen LogP contribution in [0.25, 0.3) is 0 Å². The third-order valence-electron chi connectivity index (χ3n) is 5.64. The van der Waals surface area contributed by atoms with Crippen molar-refractivity contribution in [1.29, 1.82) is 0 Å². The first-order valence-electron chi connectivity index (χ1n) is 9.06. The molecule has 3 rings (SSSR count). The third-order valence-corrected chi connectivity index (χ3v) is 5.64. The molecule has 2 atom stereocenters. The molecule has 1 aromatic carbocycles. The van der Waals surface area contributed by atoms with Crippen molar-refractivity contribution in [2.75, 3.05) is 13.6 Å². The highest BCUT2D eigenvalue weighted by atomic mass is 19.1. The zero-order chi connectivity index (χ0) is 19.8. The van der Waals surface area contributed by atoms with Crippen molar-refractivity contribution in [2.45, 2.75) is 44.7 Å². The van der Waals surface area contributed by atoms with Gasteiger partial charge in [0.05, 0.1) is 0 Å². The molecule has 1 N–H and O–H groups in total. The second-order valence-corrected chi connectivity index (χ2v) is 7.43. The van der Waals surface area contributed by atoms with Gasteiger partial charge in [0.2, 0.25) is 5.91 Å². The van der Waals surface area contributed by atoms with Gasteiger partial charge in [-0.25, -0.2) is 13.6 Å². The number of nitrogens with zero attached hydrogens (tertiary/aromatic N) is 2. The number of nitrogens with one attached hydrogen (secondary N) is 1. The van der Waals surface area contributed by atoms with Crippen molar-refractivity contribution in [3.8, 4) is 0 Å². The Hall–Kier alpha value is -2.51. The Morgan fingerprint density at radius 3 is 2.74 bits per heavy atom. The summed E-state index contributed by atoms with van der Waals surface area (Å²) in [5, 5.41) is 2.79. The molecule has 1 aromatic rings. The van der Waals surface area contributed by atoms with E-state index in [1.165, 1.54) is 18.0 Å². The minimum atomic E-state index is -0.919. The van der Waals surface area contributed by atoms with Gasteiger partial charge < -0.3 is 10.2 Å². The Labute approximate surface area is 156 Å². The van der Waals surface area contributed by atoms with E-state index in [-0.39, 0.29) is 23.9 Å². The Morgan fingerprint density at radius 2 is 2.07 bits per heavy atom. The lowest BCUT2D eigenvalue weighted by Crippen LogP contribution is -2.54. The number of hydrogen-bond acceptors (Lipinski definition) is 3. The van der Waals surface area contributed by atoms with E-state index in [2.05, 4.69) is 5.32 Å². The summed E-state index contributed by atoms with van der Waals surface area (Å²) in [6.45, 7) is 1.45. The summed E-state index contributed by atoms with van der Waals surface area (Å²) in [5.74, 6) is -2.30. The molecular formula is C19H23F2N3O3. The van der Waals surface area contributed by atoms with Crippen molar-refractivity contribution in [3.63, 3.8) is 0 Å². The molecule has 6 nitrogen and oxygen atoms in total. The van der Waals surface area contributed by atoms with Crippen LogP contribution in [0.1, 0.15) is 38.2 Å². The molecule has 2 fully saturated rings. The second kappa shape index (κ2) is 7.25. The van der Waals surface area contributed by atoms with Gasteiger partial charge in [-0.1, -0.05) is 25.8 Å². The smallest absolute Gasteiger partial charge is 0.325 e. The van der Waals surface area contributed by atoms with Gasteiger partial charge in [-0.2, -0.15) is 0 Å². The van der Waals surface area contributed by atoms with Gasteiger partial charge in [0.25, 0.3) is 5.91 Å². The standard InChI is InChI=1S/C19H23F2N3O3/c1-12-5-3-4-8-19(12)17(26)24(18(27)22-19)11-16(25)23(2)10-13-6-7-14(20)9-15(13)21/h6-7,9,12H,3-5,8,10-11H2,1-2H3,(H,22,27). The van der Waals surface area contributed by atoms with Gasteiger partial charge in [0, 0.05) is 25.2 Å². The first-order chi connectivity index (χ1) is 12.7. The van der Waals surface area contributed by atoms with Crippen LogP contribution in [0.4, 0.5) is 13.6 Å². The fraction of sp³-hybridized carbons (Fsp3) is 0.526. The Balaban J connectivity index is 1.68. The number of rotatable bonds is 4. The van der Waals surface area contributed by atoms with E-state index in [9.17, 15) is 23.2 Å². The molecule has 0 radical (unpaired) electrons. The third kappa shape index (κ3) is 3.52. The van der Waals surface area contributed by atoms with Crippen LogP contribution < -0.4 is 5.32 Å². The number of likely N-dealkylation sites (N-methyl/N-ethyl adjacent to an activating group) is 1. The van der Waals surface area contributed by atoms with Crippen molar-refractivity contribution in [3.05, 3.63) is 35.4 Å². The molecule has 1 heterocycles. The second-order valence-electron chi connectivity index (χ2n) is 7.43. The number of carbonyl (C=O) groups excluding carboxylic acids is 3. The molecule has 146 valence electrons. The molecule has 1 aliphatic carbocycles. The van der Waals surface area contributed by atoms with Crippen LogP contribution in [0.2, 0.25) is 0 Å². The predicted molar refractivity (Wildman–Crippen MR) is 93.4 cm³/mol. The van der Waals surface area contributed by atoms with E-state index in [0.717, 1.165) is 36.3 Å². The lowest BCUT2D eigenvalue weighted by molar-refractivity contribution is -0.140. The fourth-order valence-corrected chi connectivity index (χ4v) is 3.89. The number of imide groups is 1. The number of urea groups is 1. The number of hydrogen-bond donors (Lipinski definition) is 1. The van der Waals surface area contributed by atoms with Crippen molar-refractivity contribution >= 4 is 17.8 Å². The molecule has 1 saturated heterocycles. The van der Waals surface area contributed by atoms with Gasteiger partial charge in [-0.05, 0) is 24.8 Å². The average molecular weight is 379 g/mol. The minimum Gasteiger partial charge on any atom is -0.340 e. The largest absolute Gasteiger partial charge is 0.340 e. The summed E-state index contributed by atoms with van der Waals surface area (Å²) in [7, 11) is 1.45. The molecule has 27 heavy (non-hydrogen) atoms. The zero-order valence-electron chi connectivity index (χ0n) is 15.4. The zero-order valence-corrected chi connectivity index (χ0v) is 15.4. The quantitative estimate of drug-likeness (QED) is 0.817.